The van der Waals surface area contributed by atoms with Crippen LogP contribution in [0.25, 0.3) is 0 Å². The molecule has 1 rings (SSSR count). The number of carbonyl (C=O) groups is 1. The Hall–Kier alpha value is -0.250. The zero-order chi connectivity index (χ0) is 7.72. The Bertz CT molecular complexity index is 269. The van der Waals surface area contributed by atoms with Gasteiger partial charge in [-0.2, -0.15) is 0 Å². The number of aromatic carboxylic acids is 1. The summed E-state index contributed by atoms with van der Waals surface area (Å²) in [6, 6.07) is 0. The van der Waals surface area contributed by atoms with E-state index in [1.165, 1.54) is 5.38 Å². The normalized spacial score (nSPS) is 9.80. The van der Waals surface area contributed by atoms with Crippen LogP contribution in [-0.4, -0.2) is 5.97 Å². The monoisotopic (exact) mass is 195 g/mol. The molecule has 0 N–H and O–H groups in total. The van der Waals surface area contributed by atoms with Gasteiger partial charge in [0.15, 0.2) is 0 Å². The van der Waals surface area contributed by atoms with Crippen molar-refractivity contribution in [3.05, 3.63) is 20.3 Å². The topological polar surface area (TPSA) is 40.1 Å². The van der Waals surface area contributed by atoms with Gasteiger partial charge in [0, 0.05) is 10.9 Å². The van der Waals surface area contributed by atoms with Gasteiger partial charge < -0.3 is 9.90 Å². The Morgan fingerprint density at radius 2 is 2.20 bits per heavy atom. The predicted molar refractivity (Wildman–Crippen MR) is 38.7 cm³/mol. The zero-order valence-electron chi connectivity index (χ0n) is 4.56. The Labute approximate surface area is 71.0 Å². The number of carbonyl (C=O) groups excluding carboxylic acids is 1. The number of rotatable bonds is 1. The Kier molecular flexibility index (Phi) is 2.18. The molecule has 0 spiro atoms. The second kappa shape index (κ2) is 2.78. The second-order valence-electron chi connectivity index (χ2n) is 1.52. The average Bonchev–Trinajstić information content (AvgIpc) is 2.14. The summed E-state index contributed by atoms with van der Waals surface area (Å²) >= 11 is 12.0. The highest BCUT2D eigenvalue weighted by Gasteiger charge is 2.06. The Balaban J connectivity index is 3.17. The van der Waals surface area contributed by atoms with E-state index in [1.807, 2.05) is 0 Å². The van der Waals surface area contributed by atoms with Crippen molar-refractivity contribution in [2.75, 3.05) is 0 Å². The van der Waals surface area contributed by atoms with Crippen LogP contribution in [0.5, 0.6) is 0 Å². The van der Waals surface area contributed by atoms with Crippen molar-refractivity contribution in [3.8, 4) is 0 Å². The largest absolute Gasteiger partial charge is 0.545 e. The van der Waals surface area contributed by atoms with Crippen LogP contribution in [0.2, 0.25) is 9.36 Å². The highest BCUT2D eigenvalue weighted by Crippen LogP contribution is 2.31. The second-order valence-corrected chi connectivity index (χ2v) is 3.38. The highest BCUT2D eigenvalue weighted by atomic mass is 35.5. The summed E-state index contributed by atoms with van der Waals surface area (Å²) in [5.74, 6) is -1.30. The van der Waals surface area contributed by atoms with Crippen LogP contribution >= 0.6 is 34.5 Å². The predicted octanol–water partition coefficient (Wildman–Crippen LogP) is 1.42. The van der Waals surface area contributed by atoms with Crippen LogP contribution in [-0.2, 0) is 0 Å². The van der Waals surface area contributed by atoms with Crippen molar-refractivity contribution in [2.45, 2.75) is 0 Å². The summed E-state index contributed by atoms with van der Waals surface area (Å²) < 4.78 is 0.279. The first-order valence-electron chi connectivity index (χ1n) is 2.26. The Morgan fingerprint density at radius 3 is 2.40 bits per heavy atom. The van der Waals surface area contributed by atoms with E-state index < -0.39 is 5.97 Å². The molecule has 5 heteroatoms. The maximum atomic E-state index is 10.2. The number of carboxylic acids is 1. The molecular weight excluding hydrogens is 195 g/mol. The number of thiophene rings is 1. The summed E-state index contributed by atoms with van der Waals surface area (Å²) in [7, 11) is 0. The van der Waals surface area contributed by atoms with E-state index in [9.17, 15) is 9.90 Å². The summed E-state index contributed by atoms with van der Waals surface area (Å²) in [4.78, 5) is 10.2. The molecule has 0 fully saturated rings. The first-order chi connectivity index (χ1) is 4.63. The molecule has 0 aliphatic heterocycles. The van der Waals surface area contributed by atoms with Crippen LogP contribution in [0.4, 0.5) is 0 Å². The van der Waals surface area contributed by atoms with Crippen molar-refractivity contribution in [3.63, 3.8) is 0 Å². The van der Waals surface area contributed by atoms with Crippen molar-refractivity contribution >= 4 is 40.5 Å². The molecule has 2 nitrogen and oxygen atoms in total. The lowest BCUT2D eigenvalue weighted by Gasteiger charge is -1.96. The Morgan fingerprint density at radius 1 is 1.60 bits per heavy atom. The maximum Gasteiger partial charge on any atom is 0.112 e. The third kappa shape index (κ3) is 1.26. The third-order valence-electron chi connectivity index (χ3n) is 0.909. The molecule has 10 heavy (non-hydrogen) atoms. The zero-order valence-corrected chi connectivity index (χ0v) is 6.89. The van der Waals surface area contributed by atoms with Gasteiger partial charge in [-0.3, -0.25) is 0 Å². The summed E-state index contributed by atoms with van der Waals surface area (Å²) in [6.45, 7) is 0. The van der Waals surface area contributed by atoms with Gasteiger partial charge in [0.05, 0.1) is 11.0 Å². The molecule has 1 heterocycles. The maximum absolute atomic E-state index is 10.2. The lowest BCUT2D eigenvalue weighted by Crippen LogP contribution is -2.21. The minimum absolute atomic E-state index is 0.0448. The van der Waals surface area contributed by atoms with E-state index in [4.69, 9.17) is 23.2 Å². The molecule has 0 aliphatic carbocycles. The van der Waals surface area contributed by atoms with Gasteiger partial charge in [-0.15, -0.1) is 11.3 Å². The quantitative estimate of drug-likeness (QED) is 0.681. The fourth-order valence-corrected chi connectivity index (χ4v) is 1.67. The summed E-state index contributed by atoms with van der Waals surface area (Å²) in [5.41, 5.74) is -0.0448. The third-order valence-corrected chi connectivity index (χ3v) is 2.73. The minimum Gasteiger partial charge on any atom is -0.545 e. The molecule has 0 aromatic carbocycles. The smallest absolute Gasteiger partial charge is 0.112 e. The van der Waals surface area contributed by atoms with Gasteiger partial charge in [0.25, 0.3) is 0 Å². The van der Waals surface area contributed by atoms with E-state index in [0.29, 0.717) is 0 Å². The molecule has 1 aromatic heterocycles. The molecule has 0 aliphatic rings. The molecule has 0 radical (unpaired) electrons. The number of halogens is 2. The van der Waals surface area contributed by atoms with E-state index >= 15 is 0 Å². The first-order valence-corrected chi connectivity index (χ1v) is 3.90. The van der Waals surface area contributed by atoms with Gasteiger partial charge in [-0.25, -0.2) is 0 Å². The first kappa shape index (κ1) is 7.85. The molecule has 0 amide bonds. The van der Waals surface area contributed by atoms with Gasteiger partial charge in [0.2, 0.25) is 0 Å². The molecule has 54 valence electrons. The van der Waals surface area contributed by atoms with Crippen molar-refractivity contribution in [1.82, 2.24) is 0 Å². The van der Waals surface area contributed by atoms with Crippen LogP contribution in [0.3, 0.4) is 0 Å². The van der Waals surface area contributed by atoms with E-state index in [1.54, 1.807) is 0 Å². The van der Waals surface area contributed by atoms with Crippen molar-refractivity contribution < 1.29 is 9.90 Å². The number of hydrogen-bond donors (Lipinski definition) is 0. The van der Waals surface area contributed by atoms with Crippen molar-refractivity contribution in [1.29, 1.82) is 0 Å². The molecule has 0 bridgehead atoms. The summed E-state index contributed by atoms with van der Waals surface area (Å²) in [6.07, 6.45) is 0. The van der Waals surface area contributed by atoms with Crippen LogP contribution < -0.4 is 5.11 Å². The van der Waals surface area contributed by atoms with Gasteiger partial charge in [0.1, 0.15) is 4.34 Å². The lowest BCUT2D eigenvalue weighted by molar-refractivity contribution is -0.254. The molecule has 0 unspecified atom stereocenters. The van der Waals surface area contributed by atoms with Crippen LogP contribution in [0.15, 0.2) is 5.38 Å². The van der Waals surface area contributed by atoms with Crippen LogP contribution in [0, 0.1) is 0 Å². The lowest BCUT2D eigenvalue weighted by atomic mass is 10.3. The SMILES string of the molecule is O=C([O-])c1csc(Cl)c1Cl. The standard InChI is InChI=1S/C5H2Cl2O2S/c6-3-2(5(8)9)1-10-4(3)7/h1H,(H,8,9)/p-1. The molecule has 0 atom stereocenters. The summed E-state index contributed by atoms with van der Waals surface area (Å²) in [5, 5.41) is 11.6. The molecule has 0 saturated heterocycles. The van der Waals surface area contributed by atoms with Gasteiger partial charge in [-0.05, 0) is 0 Å². The molecule has 0 saturated carbocycles. The molecule has 1 aromatic rings. The van der Waals surface area contributed by atoms with Crippen molar-refractivity contribution in [2.24, 2.45) is 0 Å². The average molecular weight is 196 g/mol. The fraction of sp³-hybridized carbons (Fsp3) is 0. The van der Waals surface area contributed by atoms with E-state index in [-0.39, 0.29) is 14.9 Å². The van der Waals surface area contributed by atoms with Gasteiger partial charge in [-0.1, -0.05) is 23.2 Å². The highest BCUT2D eigenvalue weighted by molar-refractivity contribution is 7.15. The fourth-order valence-electron chi connectivity index (χ4n) is 0.458. The van der Waals surface area contributed by atoms with Crippen LogP contribution in [0.1, 0.15) is 10.4 Å². The number of carboxylic acid groups (broad SMARTS) is 1. The van der Waals surface area contributed by atoms with Gasteiger partial charge >= 0.3 is 0 Å². The number of hydrogen-bond acceptors (Lipinski definition) is 3. The van der Waals surface area contributed by atoms with E-state index in [0.717, 1.165) is 11.3 Å². The molecular formula is C5HCl2O2S-. The van der Waals surface area contributed by atoms with E-state index in [2.05, 4.69) is 0 Å². The minimum atomic E-state index is -1.30.